The molecule has 0 aromatic heterocycles. The first-order valence-corrected chi connectivity index (χ1v) is 13.6. The lowest BCUT2D eigenvalue weighted by molar-refractivity contribution is -0.221. The highest BCUT2D eigenvalue weighted by Crippen LogP contribution is 2.28. The molecule has 0 bridgehead atoms. The van der Waals surface area contributed by atoms with E-state index in [1.54, 1.807) is 0 Å². The van der Waals surface area contributed by atoms with Gasteiger partial charge in [-0.2, -0.15) is 0 Å². The largest absolute Gasteiger partial charge is 0.394 e. The molecule has 0 radical (unpaired) electrons. The Labute approximate surface area is 223 Å². The minimum absolute atomic E-state index is 0.0449. The Balaban J connectivity index is 1.42. The molecular weight excluding hydrogens is 540 g/mol. The summed E-state index contributed by atoms with van der Waals surface area (Å²) >= 11 is 0. The van der Waals surface area contributed by atoms with Crippen molar-refractivity contribution in [1.29, 1.82) is 0 Å². The molecule has 10 N–H and O–H groups in total. The highest BCUT2D eigenvalue weighted by atomic mass is 32.2. The van der Waals surface area contributed by atoms with Crippen LogP contribution in [0.25, 0.3) is 0 Å². The Bertz CT molecular complexity index is 1110. The summed E-state index contributed by atoms with van der Waals surface area (Å²) in [6.45, 7) is -1.17. The van der Waals surface area contributed by atoms with Gasteiger partial charge >= 0.3 is 0 Å². The molecule has 2 saturated heterocycles. The summed E-state index contributed by atoms with van der Waals surface area (Å²) in [5, 5.41) is 84.2. The Kier molecular flexibility index (Phi) is 9.09. The minimum Gasteiger partial charge on any atom is -0.394 e. The summed E-state index contributed by atoms with van der Waals surface area (Å²) in [5.74, 6) is 0. The summed E-state index contributed by atoms with van der Waals surface area (Å²) in [6, 6.07) is 11.0. The molecular formula is C24H32N2O12S. The Hall–Kier alpha value is -2.41. The second-order valence-corrected chi connectivity index (χ2v) is 11.3. The molecule has 39 heavy (non-hydrogen) atoms. The number of benzene rings is 2. The normalized spacial score (nSPS) is 35.4. The number of sulfone groups is 1. The summed E-state index contributed by atoms with van der Waals surface area (Å²) in [4.78, 5) is -0.0898. The standard InChI is InChI=1S/C24H32N2O12S/c27-9-15-17(29)19(31)21(33)23(37-15)25-11-1-5-13(6-2-11)39(35,36)14-7-3-12(4-8-14)26-24-22(34)20(32)18(30)16(10-28)38-24/h1-8,15-34H,9-10H2/t15-,16-,17+,18+,19+,20+,21-,22-,23?,24?/m1/s1. The molecule has 0 spiro atoms. The van der Waals surface area contributed by atoms with Crippen molar-refractivity contribution in [3.8, 4) is 0 Å². The molecule has 216 valence electrons. The summed E-state index contributed by atoms with van der Waals surface area (Å²) in [7, 11) is -3.95. The van der Waals surface area contributed by atoms with Crippen molar-refractivity contribution < 1.29 is 58.7 Å². The highest BCUT2D eigenvalue weighted by molar-refractivity contribution is 7.91. The molecule has 2 aliphatic rings. The number of hydrogen-bond donors (Lipinski definition) is 10. The quantitative estimate of drug-likeness (QED) is 0.151. The maximum atomic E-state index is 13.1. The lowest BCUT2D eigenvalue weighted by atomic mass is 9.98. The zero-order valence-electron chi connectivity index (χ0n) is 20.4. The second-order valence-electron chi connectivity index (χ2n) is 9.34. The van der Waals surface area contributed by atoms with E-state index in [4.69, 9.17) is 9.47 Å². The van der Waals surface area contributed by atoms with Crippen molar-refractivity contribution >= 4 is 21.2 Å². The minimum atomic E-state index is -3.95. The van der Waals surface area contributed by atoms with E-state index in [0.717, 1.165) is 0 Å². The first-order valence-electron chi connectivity index (χ1n) is 12.1. The molecule has 0 aliphatic carbocycles. The van der Waals surface area contributed by atoms with Gasteiger partial charge in [0.15, 0.2) is 12.5 Å². The van der Waals surface area contributed by atoms with Gasteiger partial charge in [0.2, 0.25) is 9.84 Å². The van der Waals surface area contributed by atoms with Crippen LogP contribution in [0.1, 0.15) is 0 Å². The van der Waals surface area contributed by atoms with Gasteiger partial charge in [0, 0.05) is 11.4 Å². The second kappa shape index (κ2) is 12.0. The lowest BCUT2D eigenvalue weighted by Crippen LogP contribution is -2.60. The maximum Gasteiger partial charge on any atom is 0.206 e. The fourth-order valence-electron chi connectivity index (χ4n) is 4.37. The van der Waals surface area contributed by atoms with Gasteiger partial charge in [0.05, 0.1) is 23.0 Å². The molecule has 4 rings (SSSR count). The van der Waals surface area contributed by atoms with Gasteiger partial charge < -0.3 is 61.0 Å². The SMILES string of the molecule is O=S(=O)(c1ccc(NC2O[C@H](CO)[C@H](O)[C@H](O)[C@H]2O)cc1)c1ccc(NC2O[C@H](CO)[C@H](O)[C@H](O)[C@H]2O)cc1. The van der Waals surface area contributed by atoms with Crippen LogP contribution in [0.2, 0.25) is 0 Å². The van der Waals surface area contributed by atoms with Crippen molar-refractivity contribution in [1.82, 2.24) is 0 Å². The maximum absolute atomic E-state index is 13.1. The summed E-state index contributed by atoms with van der Waals surface area (Å²) in [5.41, 5.74) is 0.690. The van der Waals surface area contributed by atoms with Crippen molar-refractivity contribution in [3.63, 3.8) is 0 Å². The molecule has 2 heterocycles. The monoisotopic (exact) mass is 572 g/mol. The predicted octanol–water partition coefficient (Wildman–Crippen LogP) is -3.06. The predicted molar refractivity (Wildman–Crippen MR) is 133 cm³/mol. The average Bonchev–Trinajstić information content (AvgIpc) is 2.94. The zero-order valence-corrected chi connectivity index (χ0v) is 21.2. The Morgan fingerprint density at radius 3 is 1.21 bits per heavy atom. The Morgan fingerprint density at radius 1 is 0.564 bits per heavy atom. The third-order valence-corrected chi connectivity index (χ3v) is 8.52. The number of hydrogen-bond acceptors (Lipinski definition) is 14. The van der Waals surface area contributed by atoms with Crippen molar-refractivity contribution in [2.75, 3.05) is 23.8 Å². The van der Waals surface area contributed by atoms with Crippen LogP contribution < -0.4 is 10.6 Å². The summed E-state index contributed by atoms with van der Waals surface area (Å²) in [6.07, 6.45) is -13.7. The van der Waals surface area contributed by atoms with Gasteiger partial charge in [-0.15, -0.1) is 0 Å². The number of aliphatic hydroxyl groups is 8. The van der Waals surface area contributed by atoms with E-state index in [1.807, 2.05) is 0 Å². The number of ether oxygens (including phenoxy) is 2. The smallest absolute Gasteiger partial charge is 0.206 e. The molecule has 2 fully saturated rings. The number of nitrogens with one attached hydrogen (secondary N) is 2. The van der Waals surface area contributed by atoms with Crippen LogP contribution in [0.3, 0.4) is 0 Å². The molecule has 2 aromatic carbocycles. The first-order chi connectivity index (χ1) is 18.5. The van der Waals surface area contributed by atoms with Crippen molar-refractivity contribution in [2.45, 2.75) is 71.1 Å². The molecule has 14 nitrogen and oxygen atoms in total. The van der Waals surface area contributed by atoms with Crippen LogP contribution in [-0.2, 0) is 19.3 Å². The molecule has 2 unspecified atom stereocenters. The fourth-order valence-corrected chi connectivity index (χ4v) is 5.63. The van der Waals surface area contributed by atoms with E-state index in [0.29, 0.717) is 11.4 Å². The van der Waals surface area contributed by atoms with E-state index < -0.39 is 84.3 Å². The molecule has 0 saturated carbocycles. The van der Waals surface area contributed by atoms with Crippen LogP contribution in [0.4, 0.5) is 11.4 Å². The molecule has 2 aromatic rings. The van der Waals surface area contributed by atoms with Gasteiger partial charge in [0.25, 0.3) is 0 Å². The van der Waals surface area contributed by atoms with Crippen LogP contribution in [0, 0.1) is 0 Å². The van der Waals surface area contributed by atoms with E-state index in [-0.39, 0.29) is 9.79 Å². The Morgan fingerprint density at radius 2 is 0.897 bits per heavy atom. The molecule has 0 amide bonds. The number of rotatable bonds is 8. The van der Waals surface area contributed by atoms with Crippen molar-refractivity contribution in [3.05, 3.63) is 48.5 Å². The van der Waals surface area contributed by atoms with Gasteiger partial charge in [-0.25, -0.2) is 8.42 Å². The lowest BCUT2D eigenvalue weighted by Gasteiger charge is -2.40. The van der Waals surface area contributed by atoms with Crippen LogP contribution in [-0.4, -0.2) is 124 Å². The molecule has 2 aliphatic heterocycles. The van der Waals surface area contributed by atoms with E-state index in [2.05, 4.69) is 10.6 Å². The first kappa shape index (κ1) is 29.6. The van der Waals surface area contributed by atoms with Gasteiger partial charge in [-0.3, -0.25) is 0 Å². The number of aliphatic hydroxyl groups excluding tert-OH is 8. The van der Waals surface area contributed by atoms with E-state index in [1.165, 1.54) is 48.5 Å². The van der Waals surface area contributed by atoms with Gasteiger partial charge in [-0.05, 0) is 48.5 Å². The zero-order chi connectivity index (χ0) is 28.5. The molecule has 15 heteroatoms. The van der Waals surface area contributed by atoms with Gasteiger partial charge in [-0.1, -0.05) is 0 Å². The van der Waals surface area contributed by atoms with Crippen LogP contribution in [0.5, 0.6) is 0 Å². The number of anilines is 2. The highest BCUT2D eigenvalue weighted by Gasteiger charge is 2.44. The average molecular weight is 573 g/mol. The van der Waals surface area contributed by atoms with Crippen LogP contribution >= 0.6 is 0 Å². The molecule has 10 atom stereocenters. The third-order valence-electron chi connectivity index (χ3n) is 6.73. The van der Waals surface area contributed by atoms with Gasteiger partial charge in [0.1, 0.15) is 48.8 Å². The topological polar surface area (TPSA) is 238 Å². The third kappa shape index (κ3) is 6.03. The summed E-state index contributed by atoms with van der Waals surface area (Å²) < 4.78 is 37.0. The van der Waals surface area contributed by atoms with E-state index in [9.17, 15) is 49.3 Å². The van der Waals surface area contributed by atoms with Crippen LogP contribution in [0.15, 0.2) is 58.3 Å². The van der Waals surface area contributed by atoms with Crippen molar-refractivity contribution in [2.24, 2.45) is 0 Å². The fraction of sp³-hybridized carbons (Fsp3) is 0.500. The van der Waals surface area contributed by atoms with E-state index >= 15 is 0 Å².